The highest BCUT2D eigenvalue weighted by atomic mass is 35.5. The van der Waals surface area contributed by atoms with E-state index in [1.807, 2.05) is 24.4 Å². The summed E-state index contributed by atoms with van der Waals surface area (Å²) in [6.07, 6.45) is 1.84. The molecule has 100 valence electrons. The van der Waals surface area contributed by atoms with Crippen molar-refractivity contribution in [1.29, 1.82) is 0 Å². The first kappa shape index (κ1) is 12.6. The zero-order chi connectivity index (χ0) is 13.4. The van der Waals surface area contributed by atoms with E-state index in [0.29, 0.717) is 17.1 Å². The molecular weight excluding hydrogens is 260 g/mol. The smallest absolute Gasteiger partial charge is 0.147 e. The van der Waals surface area contributed by atoms with Crippen LogP contribution in [0.2, 0.25) is 5.02 Å². The largest absolute Gasteiger partial charge is 0.352 e. The normalized spacial score (nSPS) is 23.8. The first-order valence-corrected chi connectivity index (χ1v) is 6.93. The molecule has 0 saturated carbocycles. The van der Waals surface area contributed by atoms with Gasteiger partial charge in [-0.05, 0) is 32.0 Å². The van der Waals surface area contributed by atoms with Crippen LogP contribution in [0.3, 0.4) is 0 Å². The second-order valence-electron chi connectivity index (χ2n) is 5.23. The molecule has 2 aromatic rings. The lowest BCUT2D eigenvalue weighted by Crippen LogP contribution is -2.54. The fourth-order valence-electron chi connectivity index (χ4n) is 2.64. The zero-order valence-corrected chi connectivity index (χ0v) is 11.9. The molecule has 2 unspecified atom stereocenters. The molecule has 0 radical (unpaired) electrons. The van der Waals surface area contributed by atoms with Crippen LogP contribution in [-0.2, 0) is 0 Å². The molecule has 0 spiro atoms. The topological polar surface area (TPSA) is 41.1 Å². The number of halogens is 1. The van der Waals surface area contributed by atoms with Crippen LogP contribution in [0, 0.1) is 0 Å². The van der Waals surface area contributed by atoms with Gasteiger partial charge in [0.25, 0.3) is 0 Å². The molecule has 1 fully saturated rings. The summed E-state index contributed by atoms with van der Waals surface area (Å²) in [6, 6.07) is 6.54. The van der Waals surface area contributed by atoms with Crippen LogP contribution in [0.25, 0.3) is 11.0 Å². The Hall–Kier alpha value is -1.39. The van der Waals surface area contributed by atoms with Gasteiger partial charge in [-0.25, -0.2) is 4.98 Å². The van der Waals surface area contributed by atoms with Crippen LogP contribution >= 0.6 is 11.6 Å². The van der Waals surface area contributed by atoms with Gasteiger partial charge in [-0.15, -0.1) is 0 Å². The van der Waals surface area contributed by atoms with E-state index in [0.717, 1.165) is 29.9 Å². The summed E-state index contributed by atoms with van der Waals surface area (Å²) < 4.78 is 0. The van der Waals surface area contributed by atoms with Crippen LogP contribution < -0.4 is 10.2 Å². The minimum absolute atomic E-state index is 0.464. The van der Waals surface area contributed by atoms with Crippen molar-refractivity contribution in [2.24, 2.45) is 0 Å². The Kier molecular flexibility index (Phi) is 3.29. The number of nitrogens with one attached hydrogen (secondary N) is 1. The monoisotopic (exact) mass is 276 g/mol. The van der Waals surface area contributed by atoms with Gasteiger partial charge in [0, 0.05) is 30.2 Å². The zero-order valence-electron chi connectivity index (χ0n) is 11.1. The number of rotatable bonds is 1. The van der Waals surface area contributed by atoms with Crippen molar-refractivity contribution in [3.05, 3.63) is 29.4 Å². The Morgan fingerprint density at radius 3 is 2.68 bits per heavy atom. The molecule has 1 aromatic carbocycles. The van der Waals surface area contributed by atoms with Gasteiger partial charge in [0.2, 0.25) is 0 Å². The molecule has 1 saturated heterocycles. The molecule has 1 aromatic heterocycles. The third kappa shape index (κ3) is 2.65. The van der Waals surface area contributed by atoms with Crippen molar-refractivity contribution in [1.82, 2.24) is 15.3 Å². The lowest BCUT2D eigenvalue weighted by molar-refractivity contribution is 0.405. The average Bonchev–Trinajstić information content (AvgIpc) is 2.37. The molecule has 0 bridgehead atoms. The van der Waals surface area contributed by atoms with Gasteiger partial charge >= 0.3 is 0 Å². The molecular formula is C14H17ClN4. The number of fused-ring (bicyclic) bond motifs is 1. The molecule has 19 heavy (non-hydrogen) atoms. The summed E-state index contributed by atoms with van der Waals surface area (Å²) >= 11 is 5.96. The van der Waals surface area contributed by atoms with Gasteiger partial charge in [0.05, 0.1) is 17.2 Å². The Bertz CT molecular complexity index is 591. The van der Waals surface area contributed by atoms with Crippen LogP contribution in [0.15, 0.2) is 24.4 Å². The average molecular weight is 277 g/mol. The Morgan fingerprint density at radius 1 is 1.21 bits per heavy atom. The number of aromatic nitrogens is 2. The molecule has 2 heterocycles. The fraction of sp³-hybridized carbons (Fsp3) is 0.429. The minimum Gasteiger partial charge on any atom is -0.352 e. The van der Waals surface area contributed by atoms with E-state index in [1.165, 1.54) is 0 Å². The van der Waals surface area contributed by atoms with Gasteiger partial charge in [-0.1, -0.05) is 11.6 Å². The Balaban J connectivity index is 1.94. The maximum absolute atomic E-state index is 5.96. The Labute approximate surface area is 117 Å². The second kappa shape index (κ2) is 4.94. The summed E-state index contributed by atoms with van der Waals surface area (Å²) in [5.74, 6) is 0.940. The van der Waals surface area contributed by atoms with Crippen molar-refractivity contribution in [3.63, 3.8) is 0 Å². The number of piperazine rings is 1. The van der Waals surface area contributed by atoms with Gasteiger partial charge in [-0.2, -0.15) is 0 Å². The standard InChI is InChI=1S/C14H17ClN4/c1-9-7-19(8-10(2)17-9)14-6-16-13-5-11(15)3-4-12(13)18-14/h3-6,9-10,17H,7-8H2,1-2H3. The summed E-state index contributed by atoms with van der Waals surface area (Å²) in [5, 5.41) is 4.21. The summed E-state index contributed by atoms with van der Waals surface area (Å²) in [7, 11) is 0. The first-order valence-electron chi connectivity index (χ1n) is 6.55. The molecule has 2 atom stereocenters. The number of nitrogens with zero attached hydrogens (tertiary/aromatic N) is 3. The molecule has 1 aliphatic heterocycles. The van der Waals surface area contributed by atoms with Crippen molar-refractivity contribution < 1.29 is 0 Å². The lowest BCUT2D eigenvalue weighted by atomic mass is 10.1. The van der Waals surface area contributed by atoms with E-state index in [1.54, 1.807) is 0 Å². The molecule has 0 amide bonds. The third-order valence-electron chi connectivity index (χ3n) is 3.37. The first-order chi connectivity index (χ1) is 9.11. The quantitative estimate of drug-likeness (QED) is 0.869. The predicted molar refractivity (Wildman–Crippen MR) is 78.8 cm³/mol. The molecule has 1 N–H and O–H groups in total. The maximum atomic E-state index is 5.96. The Morgan fingerprint density at radius 2 is 1.95 bits per heavy atom. The number of hydrogen-bond donors (Lipinski definition) is 1. The van der Waals surface area contributed by atoms with Crippen LogP contribution in [0.1, 0.15) is 13.8 Å². The number of anilines is 1. The van der Waals surface area contributed by atoms with Crippen molar-refractivity contribution >= 4 is 28.5 Å². The van der Waals surface area contributed by atoms with E-state index in [9.17, 15) is 0 Å². The lowest BCUT2D eigenvalue weighted by Gasteiger charge is -2.36. The molecule has 1 aliphatic rings. The summed E-state index contributed by atoms with van der Waals surface area (Å²) in [6.45, 7) is 6.30. The summed E-state index contributed by atoms with van der Waals surface area (Å²) in [5.41, 5.74) is 1.73. The molecule has 3 rings (SSSR count). The van der Waals surface area contributed by atoms with Gasteiger partial charge < -0.3 is 10.2 Å². The second-order valence-corrected chi connectivity index (χ2v) is 5.67. The highest BCUT2D eigenvalue weighted by molar-refractivity contribution is 6.31. The van der Waals surface area contributed by atoms with Crippen LogP contribution in [0.5, 0.6) is 0 Å². The minimum atomic E-state index is 0.464. The molecule has 0 aliphatic carbocycles. The van der Waals surface area contributed by atoms with Crippen LogP contribution in [0.4, 0.5) is 5.82 Å². The number of benzene rings is 1. The van der Waals surface area contributed by atoms with E-state index >= 15 is 0 Å². The highest BCUT2D eigenvalue weighted by Gasteiger charge is 2.22. The SMILES string of the molecule is CC1CN(c2cnc3cc(Cl)ccc3n2)CC(C)N1. The van der Waals surface area contributed by atoms with Gasteiger partial charge in [0.15, 0.2) is 0 Å². The van der Waals surface area contributed by atoms with E-state index < -0.39 is 0 Å². The maximum Gasteiger partial charge on any atom is 0.147 e. The fourth-order valence-corrected chi connectivity index (χ4v) is 2.81. The van der Waals surface area contributed by atoms with Crippen molar-refractivity contribution in [3.8, 4) is 0 Å². The number of hydrogen-bond acceptors (Lipinski definition) is 4. The van der Waals surface area contributed by atoms with Gasteiger partial charge in [0.1, 0.15) is 5.82 Å². The van der Waals surface area contributed by atoms with Crippen LogP contribution in [-0.4, -0.2) is 35.1 Å². The summed E-state index contributed by atoms with van der Waals surface area (Å²) in [4.78, 5) is 11.4. The van der Waals surface area contributed by atoms with Crippen molar-refractivity contribution in [2.75, 3.05) is 18.0 Å². The predicted octanol–water partition coefficient (Wildman–Crippen LogP) is 2.47. The van der Waals surface area contributed by atoms with Gasteiger partial charge in [-0.3, -0.25) is 4.98 Å². The molecule has 5 heteroatoms. The highest BCUT2D eigenvalue weighted by Crippen LogP contribution is 2.20. The van der Waals surface area contributed by atoms with E-state index in [2.05, 4.69) is 34.0 Å². The van der Waals surface area contributed by atoms with E-state index in [4.69, 9.17) is 11.6 Å². The third-order valence-corrected chi connectivity index (χ3v) is 3.61. The van der Waals surface area contributed by atoms with Crippen molar-refractivity contribution in [2.45, 2.75) is 25.9 Å². The van der Waals surface area contributed by atoms with E-state index in [-0.39, 0.29) is 0 Å². The molecule has 4 nitrogen and oxygen atoms in total.